The van der Waals surface area contributed by atoms with Crippen LogP contribution in [0.5, 0.6) is 5.19 Å². The number of hydrogen-bond donors (Lipinski definition) is 1. The third-order valence-electron chi connectivity index (χ3n) is 1.90. The maximum Gasteiger partial charge on any atom is 0.294 e. The van der Waals surface area contributed by atoms with E-state index in [4.69, 9.17) is 22.1 Å². The molecule has 0 radical (unpaired) electrons. The number of aromatic nitrogens is 2. The molecular formula is C10H10ClN3OS. The van der Waals surface area contributed by atoms with Gasteiger partial charge in [0, 0.05) is 11.6 Å². The van der Waals surface area contributed by atoms with Crippen molar-refractivity contribution in [2.75, 3.05) is 0 Å². The van der Waals surface area contributed by atoms with Crippen LogP contribution in [0.25, 0.3) is 0 Å². The van der Waals surface area contributed by atoms with E-state index in [1.807, 2.05) is 24.3 Å². The van der Waals surface area contributed by atoms with Crippen LogP contribution in [-0.2, 0) is 13.2 Å². The third kappa shape index (κ3) is 2.91. The monoisotopic (exact) mass is 255 g/mol. The lowest BCUT2D eigenvalue weighted by Crippen LogP contribution is -1.94. The van der Waals surface area contributed by atoms with Crippen molar-refractivity contribution in [2.45, 2.75) is 13.2 Å². The summed E-state index contributed by atoms with van der Waals surface area (Å²) < 4.78 is 5.46. The van der Waals surface area contributed by atoms with Crippen LogP contribution in [0.2, 0.25) is 5.02 Å². The summed E-state index contributed by atoms with van der Waals surface area (Å²) in [5.41, 5.74) is 6.46. The van der Waals surface area contributed by atoms with E-state index in [1.54, 1.807) is 0 Å². The van der Waals surface area contributed by atoms with Crippen molar-refractivity contribution in [3.8, 4) is 5.19 Å². The van der Waals surface area contributed by atoms with Crippen molar-refractivity contribution in [1.82, 2.24) is 10.2 Å². The van der Waals surface area contributed by atoms with Gasteiger partial charge in [-0.2, -0.15) is 0 Å². The maximum atomic E-state index is 5.78. The molecule has 2 aromatic rings. The summed E-state index contributed by atoms with van der Waals surface area (Å²) in [6, 6.07) is 7.47. The Morgan fingerprint density at radius 2 is 2.00 bits per heavy atom. The quantitative estimate of drug-likeness (QED) is 0.910. The van der Waals surface area contributed by atoms with Crippen LogP contribution in [0.3, 0.4) is 0 Å². The molecule has 1 aromatic carbocycles. The first-order chi connectivity index (χ1) is 7.78. The van der Waals surface area contributed by atoms with Crippen LogP contribution >= 0.6 is 22.9 Å². The lowest BCUT2D eigenvalue weighted by atomic mass is 10.2. The molecule has 0 aliphatic heterocycles. The summed E-state index contributed by atoms with van der Waals surface area (Å²) in [5.74, 6) is 0. The molecule has 1 heterocycles. The normalized spacial score (nSPS) is 10.4. The molecule has 0 amide bonds. The van der Waals surface area contributed by atoms with E-state index in [1.165, 1.54) is 11.3 Å². The Bertz CT molecular complexity index is 457. The van der Waals surface area contributed by atoms with Crippen LogP contribution in [0, 0.1) is 0 Å². The molecule has 84 valence electrons. The highest BCUT2D eigenvalue weighted by Gasteiger charge is 2.03. The van der Waals surface area contributed by atoms with E-state index < -0.39 is 0 Å². The molecule has 0 atom stereocenters. The molecule has 0 aliphatic rings. The van der Waals surface area contributed by atoms with Crippen LogP contribution in [0.15, 0.2) is 24.3 Å². The van der Waals surface area contributed by atoms with Crippen LogP contribution in [0.4, 0.5) is 0 Å². The van der Waals surface area contributed by atoms with Gasteiger partial charge in [-0.05, 0) is 17.7 Å². The predicted octanol–water partition coefficient (Wildman–Crippen LogP) is 2.23. The SMILES string of the molecule is NCc1nnc(OCc2ccc(Cl)cc2)s1. The van der Waals surface area contributed by atoms with Crippen LogP contribution in [0.1, 0.15) is 10.6 Å². The average molecular weight is 256 g/mol. The lowest BCUT2D eigenvalue weighted by molar-refractivity contribution is 0.302. The molecule has 6 heteroatoms. The van der Waals surface area contributed by atoms with Gasteiger partial charge in [-0.3, -0.25) is 0 Å². The van der Waals surface area contributed by atoms with E-state index in [0.29, 0.717) is 23.4 Å². The second-order valence-corrected chi connectivity index (χ2v) is 4.54. The number of nitrogens with zero attached hydrogens (tertiary/aromatic N) is 2. The topological polar surface area (TPSA) is 61.0 Å². The maximum absolute atomic E-state index is 5.78. The zero-order valence-corrected chi connectivity index (χ0v) is 9.96. The van der Waals surface area contributed by atoms with E-state index in [2.05, 4.69) is 10.2 Å². The fourth-order valence-electron chi connectivity index (χ4n) is 1.10. The molecule has 0 aliphatic carbocycles. The predicted molar refractivity (Wildman–Crippen MR) is 63.6 cm³/mol. The van der Waals surface area contributed by atoms with E-state index in [-0.39, 0.29) is 0 Å². The summed E-state index contributed by atoms with van der Waals surface area (Å²) in [6.07, 6.45) is 0. The number of rotatable bonds is 4. The minimum Gasteiger partial charge on any atom is -0.464 e. The van der Waals surface area contributed by atoms with Gasteiger partial charge in [0.15, 0.2) is 0 Å². The number of nitrogens with two attached hydrogens (primary N) is 1. The molecule has 2 rings (SSSR count). The van der Waals surface area contributed by atoms with Crippen LogP contribution < -0.4 is 10.5 Å². The third-order valence-corrected chi connectivity index (χ3v) is 3.01. The molecule has 0 spiro atoms. The minimum atomic E-state index is 0.391. The van der Waals surface area contributed by atoms with E-state index in [9.17, 15) is 0 Å². The molecule has 2 N–H and O–H groups in total. The average Bonchev–Trinajstić information content (AvgIpc) is 2.76. The molecule has 16 heavy (non-hydrogen) atoms. The number of halogens is 1. The number of benzene rings is 1. The van der Waals surface area contributed by atoms with Crippen molar-refractivity contribution < 1.29 is 4.74 Å². The Hall–Kier alpha value is -1.17. The highest BCUT2D eigenvalue weighted by atomic mass is 35.5. The fraction of sp³-hybridized carbons (Fsp3) is 0.200. The zero-order valence-electron chi connectivity index (χ0n) is 8.39. The highest BCUT2D eigenvalue weighted by Crippen LogP contribution is 2.19. The molecule has 0 saturated carbocycles. The van der Waals surface area contributed by atoms with Gasteiger partial charge in [0.25, 0.3) is 5.19 Å². The summed E-state index contributed by atoms with van der Waals surface area (Å²) in [6.45, 7) is 0.846. The smallest absolute Gasteiger partial charge is 0.294 e. The molecular weight excluding hydrogens is 246 g/mol. The van der Waals surface area contributed by atoms with E-state index in [0.717, 1.165) is 10.6 Å². The molecule has 0 bridgehead atoms. The van der Waals surface area contributed by atoms with Gasteiger partial charge >= 0.3 is 0 Å². The number of ether oxygens (including phenoxy) is 1. The van der Waals surface area contributed by atoms with Crippen molar-refractivity contribution in [3.63, 3.8) is 0 Å². The van der Waals surface area contributed by atoms with Gasteiger partial charge in [-0.1, -0.05) is 40.2 Å². The lowest BCUT2D eigenvalue weighted by Gasteiger charge is -2.01. The summed E-state index contributed by atoms with van der Waals surface area (Å²) in [5, 5.41) is 9.74. The highest BCUT2D eigenvalue weighted by molar-refractivity contribution is 7.13. The Morgan fingerprint density at radius 1 is 1.25 bits per heavy atom. The summed E-state index contributed by atoms with van der Waals surface area (Å²) in [4.78, 5) is 0. The summed E-state index contributed by atoms with van der Waals surface area (Å²) in [7, 11) is 0. The largest absolute Gasteiger partial charge is 0.464 e. The molecule has 4 nitrogen and oxygen atoms in total. The van der Waals surface area contributed by atoms with Gasteiger partial charge in [0.1, 0.15) is 11.6 Å². The first-order valence-corrected chi connectivity index (χ1v) is 5.87. The Balaban J connectivity index is 1.94. The van der Waals surface area contributed by atoms with Gasteiger partial charge in [-0.15, -0.1) is 5.10 Å². The second kappa shape index (κ2) is 5.25. The van der Waals surface area contributed by atoms with Gasteiger partial charge in [0.2, 0.25) is 0 Å². The zero-order chi connectivity index (χ0) is 11.4. The number of hydrogen-bond acceptors (Lipinski definition) is 5. The van der Waals surface area contributed by atoms with Gasteiger partial charge < -0.3 is 10.5 Å². The van der Waals surface area contributed by atoms with E-state index >= 15 is 0 Å². The standard InChI is InChI=1S/C10H10ClN3OS/c11-8-3-1-7(2-4-8)6-15-10-14-13-9(5-12)16-10/h1-4H,5-6,12H2. The Labute approximate surface area is 102 Å². The van der Waals surface area contributed by atoms with Crippen LogP contribution in [-0.4, -0.2) is 10.2 Å². The minimum absolute atomic E-state index is 0.391. The second-order valence-electron chi connectivity index (χ2n) is 3.08. The Morgan fingerprint density at radius 3 is 2.62 bits per heavy atom. The first kappa shape index (κ1) is 11.3. The van der Waals surface area contributed by atoms with Gasteiger partial charge in [-0.25, -0.2) is 0 Å². The molecule has 1 aromatic heterocycles. The van der Waals surface area contributed by atoms with Crippen molar-refractivity contribution in [2.24, 2.45) is 5.73 Å². The first-order valence-electron chi connectivity index (χ1n) is 4.67. The fourth-order valence-corrected chi connectivity index (χ4v) is 1.80. The molecule has 0 unspecified atom stereocenters. The van der Waals surface area contributed by atoms with Crippen molar-refractivity contribution in [3.05, 3.63) is 39.9 Å². The molecule has 0 fully saturated rings. The molecule has 0 saturated heterocycles. The van der Waals surface area contributed by atoms with Gasteiger partial charge in [0.05, 0.1) is 0 Å². The Kier molecular flexibility index (Phi) is 3.71. The van der Waals surface area contributed by atoms with Crippen molar-refractivity contribution in [1.29, 1.82) is 0 Å². The summed E-state index contributed by atoms with van der Waals surface area (Å²) >= 11 is 7.14. The van der Waals surface area contributed by atoms with Crippen molar-refractivity contribution >= 4 is 22.9 Å².